The monoisotopic (exact) mass is 555 g/mol. The minimum absolute atomic E-state index is 0.0270. The number of hydrogen-bond donors (Lipinski definition) is 3. The smallest absolute Gasteiger partial charge is 0.294 e. The Bertz CT molecular complexity index is 1410. The van der Waals surface area contributed by atoms with Crippen LogP contribution in [-0.4, -0.2) is 47.4 Å². The standard InChI is InChI=1S/C26H31ClN7O3P/c1-38(2,37)23-6-4-3-5-20(23)31-24-19(27)16-29-25(32-24)30-18-7-8-21(22(13-18)34(35)36)33-11-9-26(10-12-33)14-17(28)15-26/h3-8,13,16-17H,9-12,14-15,28H2,1-2H3,(H2,29,30,31,32). The number of hydrogen-bond acceptors (Lipinski definition) is 9. The Morgan fingerprint density at radius 1 is 1.16 bits per heavy atom. The molecule has 5 rings (SSSR count). The zero-order chi connectivity index (χ0) is 27.1. The number of nitrogens with two attached hydrogens (primary N) is 1. The zero-order valence-corrected chi connectivity index (χ0v) is 23.0. The molecule has 0 bridgehead atoms. The quantitative estimate of drug-likeness (QED) is 0.196. The minimum Gasteiger partial charge on any atom is -0.366 e. The first-order valence-electron chi connectivity index (χ1n) is 12.5. The summed E-state index contributed by atoms with van der Waals surface area (Å²) in [6, 6.07) is 12.6. The van der Waals surface area contributed by atoms with Crippen LogP contribution in [-0.2, 0) is 4.57 Å². The van der Waals surface area contributed by atoms with Crippen LogP contribution in [0.15, 0.2) is 48.7 Å². The van der Waals surface area contributed by atoms with Gasteiger partial charge in [0.15, 0.2) is 5.82 Å². The average molecular weight is 556 g/mol. The summed E-state index contributed by atoms with van der Waals surface area (Å²) in [5.41, 5.74) is 8.09. The molecule has 0 unspecified atom stereocenters. The molecular weight excluding hydrogens is 525 g/mol. The number of halogens is 1. The van der Waals surface area contributed by atoms with Gasteiger partial charge in [-0.1, -0.05) is 23.7 Å². The van der Waals surface area contributed by atoms with Gasteiger partial charge in [0.05, 0.1) is 16.8 Å². The molecule has 1 saturated carbocycles. The molecule has 0 amide bonds. The lowest BCUT2D eigenvalue weighted by atomic mass is 9.60. The second-order valence-electron chi connectivity index (χ2n) is 10.6. The van der Waals surface area contributed by atoms with E-state index in [1.807, 2.05) is 18.2 Å². The van der Waals surface area contributed by atoms with Gasteiger partial charge in [0.2, 0.25) is 5.95 Å². The van der Waals surface area contributed by atoms with Gasteiger partial charge >= 0.3 is 0 Å². The molecule has 0 atom stereocenters. The van der Waals surface area contributed by atoms with Gasteiger partial charge in [0, 0.05) is 36.2 Å². The molecule has 10 nitrogen and oxygen atoms in total. The van der Waals surface area contributed by atoms with Crippen molar-refractivity contribution >= 4 is 58.6 Å². The largest absolute Gasteiger partial charge is 0.366 e. The molecule has 4 N–H and O–H groups in total. The van der Waals surface area contributed by atoms with E-state index in [9.17, 15) is 14.7 Å². The highest BCUT2D eigenvalue weighted by atomic mass is 35.5. The van der Waals surface area contributed by atoms with E-state index in [1.54, 1.807) is 31.5 Å². The van der Waals surface area contributed by atoms with Gasteiger partial charge in [0.25, 0.3) is 5.69 Å². The third-order valence-electron chi connectivity index (χ3n) is 7.46. The van der Waals surface area contributed by atoms with E-state index in [4.69, 9.17) is 17.3 Å². The lowest BCUT2D eigenvalue weighted by molar-refractivity contribution is -0.384. The third kappa shape index (κ3) is 5.48. The first kappa shape index (κ1) is 26.4. The van der Waals surface area contributed by atoms with E-state index in [0.29, 0.717) is 39.6 Å². The highest BCUT2D eigenvalue weighted by molar-refractivity contribution is 7.70. The normalized spacial score (nSPS) is 17.2. The lowest BCUT2D eigenvalue weighted by Gasteiger charge is -2.51. The summed E-state index contributed by atoms with van der Waals surface area (Å²) >= 11 is 6.35. The molecule has 3 aromatic rings. The molecular formula is C26H31ClN7O3P. The zero-order valence-electron chi connectivity index (χ0n) is 21.4. The molecule has 38 heavy (non-hydrogen) atoms. The van der Waals surface area contributed by atoms with Crippen LogP contribution in [0.1, 0.15) is 25.7 Å². The molecule has 2 heterocycles. The summed E-state index contributed by atoms with van der Waals surface area (Å²) < 4.78 is 12.7. The highest BCUT2D eigenvalue weighted by Gasteiger charge is 2.44. The van der Waals surface area contributed by atoms with Gasteiger partial charge in [-0.2, -0.15) is 4.98 Å². The van der Waals surface area contributed by atoms with Crippen LogP contribution in [0.25, 0.3) is 0 Å². The fraction of sp³-hybridized carbons (Fsp3) is 0.385. The van der Waals surface area contributed by atoms with Gasteiger partial charge in [-0.15, -0.1) is 0 Å². The number of benzene rings is 2. The van der Waals surface area contributed by atoms with Gasteiger partial charge in [0.1, 0.15) is 17.9 Å². The van der Waals surface area contributed by atoms with Crippen LogP contribution in [0.4, 0.5) is 34.5 Å². The Kier molecular flexibility index (Phi) is 7.07. The highest BCUT2D eigenvalue weighted by Crippen LogP contribution is 2.49. The van der Waals surface area contributed by atoms with E-state index in [-0.39, 0.29) is 21.6 Å². The van der Waals surface area contributed by atoms with E-state index in [0.717, 1.165) is 38.8 Å². The number of piperidine rings is 1. The SMILES string of the molecule is CP(C)(=O)c1ccccc1Nc1nc(Nc2ccc(N3CCC4(CC3)CC(N)C4)c([N+](=O)[O-])c2)ncc1Cl. The number of para-hydroxylation sites is 1. The van der Waals surface area contributed by atoms with Crippen molar-refractivity contribution in [1.82, 2.24) is 9.97 Å². The van der Waals surface area contributed by atoms with Crippen LogP contribution in [0.5, 0.6) is 0 Å². The molecule has 1 aliphatic carbocycles. The lowest BCUT2D eigenvalue weighted by Crippen LogP contribution is -2.52. The third-order valence-corrected chi connectivity index (χ3v) is 9.29. The van der Waals surface area contributed by atoms with Crippen molar-refractivity contribution < 1.29 is 9.49 Å². The topological polar surface area (TPSA) is 139 Å². The van der Waals surface area contributed by atoms with Crippen molar-refractivity contribution in [2.24, 2.45) is 11.1 Å². The van der Waals surface area contributed by atoms with E-state index in [1.165, 1.54) is 12.3 Å². The second kappa shape index (κ2) is 10.2. The van der Waals surface area contributed by atoms with Crippen molar-refractivity contribution in [3.8, 4) is 0 Å². The summed E-state index contributed by atoms with van der Waals surface area (Å²) in [6.45, 7) is 4.95. The number of aromatic nitrogens is 2. The summed E-state index contributed by atoms with van der Waals surface area (Å²) in [5.74, 6) is 0.544. The maximum absolute atomic E-state index is 12.7. The molecule has 200 valence electrons. The number of nitrogens with one attached hydrogen (secondary N) is 2. The molecule has 2 fully saturated rings. The summed E-state index contributed by atoms with van der Waals surface area (Å²) in [7, 11) is -2.55. The average Bonchev–Trinajstić information content (AvgIpc) is 2.85. The molecule has 1 aromatic heterocycles. The number of nitro groups is 1. The molecule has 1 saturated heterocycles. The molecule has 2 aromatic carbocycles. The number of nitro benzene ring substituents is 1. The van der Waals surface area contributed by atoms with Gasteiger partial charge in [-0.05, 0) is 68.7 Å². The summed E-state index contributed by atoms with van der Waals surface area (Å²) in [6.07, 6.45) is 5.54. The Hall–Kier alpha value is -3.20. The minimum atomic E-state index is -2.55. The van der Waals surface area contributed by atoms with E-state index in [2.05, 4.69) is 25.5 Å². The van der Waals surface area contributed by atoms with Crippen LogP contribution in [0.3, 0.4) is 0 Å². The van der Waals surface area contributed by atoms with Crippen LogP contribution >= 0.6 is 18.7 Å². The van der Waals surface area contributed by atoms with Crippen molar-refractivity contribution in [2.45, 2.75) is 31.7 Å². The number of nitrogens with zero attached hydrogens (tertiary/aromatic N) is 4. The molecule has 1 aliphatic heterocycles. The maximum atomic E-state index is 12.7. The fourth-order valence-corrected chi connectivity index (χ4v) is 6.81. The summed E-state index contributed by atoms with van der Waals surface area (Å²) in [5, 5.41) is 19.1. The van der Waals surface area contributed by atoms with Crippen molar-refractivity contribution in [2.75, 3.05) is 42.0 Å². The van der Waals surface area contributed by atoms with Crippen molar-refractivity contribution in [3.05, 3.63) is 63.8 Å². The predicted octanol–water partition coefficient (Wildman–Crippen LogP) is 5.48. The van der Waals surface area contributed by atoms with E-state index < -0.39 is 7.14 Å². The Morgan fingerprint density at radius 2 is 1.87 bits per heavy atom. The number of rotatable bonds is 7. The van der Waals surface area contributed by atoms with E-state index >= 15 is 0 Å². The first-order valence-corrected chi connectivity index (χ1v) is 15.5. The fourth-order valence-electron chi connectivity index (χ4n) is 5.52. The Labute approximate surface area is 226 Å². The van der Waals surface area contributed by atoms with Crippen LogP contribution in [0, 0.1) is 15.5 Å². The first-order chi connectivity index (χ1) is 18.0. The predicted molar refractivity (Wildman–Crippen MR) is 153 cm³/mol. The Balaban J connectivity index is 1.35. The van der Waals surface area contributed by atoms with Gasteiger partial charge in [-0.3, -0.25) is 10.1 Å². The second-order valence-corrected chi connectivity index (χ2v) is 14.2. The van der Waals surface area contributed by atoms with Crippen LogP contribution in [0.2, 0.25) is 5.02 Å². The maximum Gasteiger partial charge on any atom is 0.294 e. The van der Waals surface area contributed by atoms with Crippen molar-refractivity contribution in [3.63, 3.8) is 0 Å². The molecule has 12 heteroatoms. The van der Waals surface area contributed by atoms with Gasteiger partial charge < -0.3 is 25.8 Å². The molecule has 1 spiro atoms. The van der Waals surface area contributed by atoms with Crippen LogP contribution < -0.4 is 26.6 Å². The summed E-state index contributed by atoms with van der Waals surface area (Å²) in [4.78, 5) is 22.4. The van der Waals surface area contributed by atoms with Crippen molar-refractivity contribution in [1.29, 1.82) is 0 Å². The number of anilines is 5. The van der Waals surface area contributed by atoms with Gasteiger partial charge in [-0.25, -0.2) is 4.98 Å². The Morgan fingerprint density at radius 3 is 2.53 bits per heavy atom. The molecule has 0 radical (unpaired) electrons. The molecule has 2 aliphatic rings.